The molecule has 25 heavy (non-hydrogen) atoms. The van der Waals surface area contributed by atoms with Gasteiger partial charge in [0.2, 0.25) is 0 Å². The van der Waals surface area contributed by atoms with Crippen LogP contribution >= 0.6 is 11.3 Å². The van der Waals surface area contributed by atoms with Crippen LogP contribution in [0.3, 0.4) is 0 Å². The summed E-state index contributed by atoms with van der Waals surface area (Å²) in [6.45, 7) is 1.57. The maximum atomic E-state index is 14.2. The number of thiophene rings is 1. The first kappa shape index (κ1) is 17.1. The molecule has 8 heteroatoms. The van der Waals surface area contributed by atoms with E-state index in [1.807, 2.05) is 0 Å². The van der Waals surface area contributed by atoms with Crippen LogP contribution in [0.2, 0.25) is 0 Å². The number of carboxylic acids is 1. The molecule has 0 bridgehead atoms. The number of carbonyl (C=O) groups is 2. The molecule has 1 aromatic carbocycles. The molecule has 0 aliphatic rings. The maximum absolute atomic E-state index is 14.2. The number of hydrogen-bond donors (Lipinski definition) is 1. The van der Waals surface area contributed by atoms with Gasteiger partial charge in [-0.1, -0.05) is 0 Å². The molecule has 130 valence electrons. The van der Waals surface area contributed by atoms with Crippen molar-refractivity contribution >= 4 is 34.1 Å². The van der Waals surface area contributed by atoms with Gasteiger partial charge in [-0.15, -0.1) is 11.3 Å². The molecule has 2 heterocycles. The minimum Gasteiger partial charge on any atom is -0.494 e. The van der Waals surface area contributed by atoms with Crippen molar-refractivity contribution < 1.29 is 28.2 Å². The summed E-state index contributed by atoms with van der Waals surface area (Å²) in [5.41, 5.74) is 0.959. The molecule has 0 aliphatic heterocycles. The molecule has 0 atom stereocenters. The molecule has 0 spiro atoms. The number of ether oxygens (including phenoxy) is 1. The first-order valence-corrected chi connectivity index (χ1v) is 8.04. The normalized spacial score (nSPS) is 11.0. The van der Waals surface area contributed by atoms with E-state index in [1.165, 1.54) is 29.9 Å². The van der Waals surface area contributed by atoms with Crippen LogP contribution in [-0.2, 0) is 11.2 Å². The summed E-state index contributed by atoms with van der Waals surface area (Å²) in [5.74, 6) is -2.36. The summed E-state index contributed by atoms with van der Waals surface area (Å²) in [6, 6.07) is 4.99. The Hall–Kier alpha value is -2.74. The number of halogens is 2. The van der Waals surface area contributed by atoms with Gasteiger partial charge in [-0.25, -0.2) is 4.39 Å². The highest BCUT2D eigenvalue weighted by Gasteiger charge is 2.24. The molecular formula is C17H13F2NO4S. The number of carbonyl (C=O) groups excluding carboxylic acids is 1. The third-order valence-corrected chi connectivity index (χ3v) is 4.79. The first-order chi connectivity index (χ1) is 11.8. The summed E-state index contributed by atoms with van der Waals surface area (Å²) in [4.78, 5) is 24.1. The molecule has 0 radical (unpaired) electrons. The minimum absolute atomic E-state index is 0.0501. The lowest BCUT2D eigenvalue weighted by Crippen LogP contribution is -2.13. The molecule has 3 aromatic rings. The SMILES string of the molecule is COc1cc2c(CC(=O)O)c(C)n(C(=O)c3ccc(F)s3)c2cc1F. The Bertz CT molecular complexity index is 1010. The van der Waals surface area contributed by atoms with Crippen molar-refractivity contribution in [3.63, 3.8) is 0 Å². The number of aromatic nitrogens is 1. The standard InChI is InChI=1S/C17H13F2NO4S/c1-8-9(6-16(21)22)10-5-13(24-2)11(18)7-12(10)20(8)17(23)14-3-4-15(19)25-14/h3-5,7H,6H2,1-2H3,(H,21,22). The smallest absolute Gasteiger partial charge is 0.307 e. The zero-order valence-corrected chi connectivity index (χ0v) is 14.1. The highest BCUT2D eigenvalue weighted by Crippen LogP contribution is 2.33. The Morgan fingerprint density at radius 3 is 2.56 bits per heavy atom. The van der Waals surface area contributed by atoms with E-state index in [1.54, 1.807) is 6.92 Å². The number of methoxy groups -OCH3 is 1. The number of benzene rings is 1. The lowest BCUT2D eigenvalue weighted by molar-refractivity contribution is -0.136. The Kier molecular flexibility index (Phi) is 4.30. The van der Waals surface area contributed by atoms with E-state index in [4.69, 9.17) is 9.84 Å². The fraction of sp³-hybridized carbons (Fsp3) is 0.176. The van der Waals surface area contributed by atoms with E-state index in [2.05, 4.69) is 0 Å². The molecule has 3 rings (SSSR count). The number of rotatable bonds is 4. The number of hydrogen-bond acceptors (Lipinski definition) is 4. The van der Waals surface area contributed by atoms with E-state index < -0.39 is 22.8 Å². The Morgan fingerprint density at radius 1 is 1.28 bits per heavy atom. The van der Waals surface area contributed by atoms with E-state index in [9.17, 15) is 18.4 Å². The van der Waals surface area contributed by atoms with Gasteiger partial charge in [0.15, 0.2) is 16.7 Å². The average Bonchev–Trinajstić information content (AvgIpc) is 3.08. The highest BCUT2D eigenvalue weighted by molar-refractivity contribution is 7.12. The molecular weight excluding hydrogens is 352 g/mol. The molecule has 2 aromatic heterocycles. The minimum atomic E-state index is -1.08. The van der Waals surface area contributed by atoms with Crippen molar-refractivity contribution in [3.05, 3.63) is 51.3 Å². The monoisotopic (exact) mass is 365 g/mol. The van der Waals surface area contributed by atoms with Crippen molar-refractivity contribution in [1.29, 1.82) is 0 Å². The summed E-state index contributed by atoms with van der Waals surface area (Å²) < 4.78 is 33.6. The van der Waals surface area contributed by atoms with Crippen molar-refractivity contribution in [3.8, 4) is 5.75 Å². The third-order valence-electron chi connectivity index (χ3n) is 3.92. The van der Waals surface area contributed by atoms with Crippen molar-refractivity contribution in [1.82, 2.24) is 4.57 Å². The van der Waals surface area contributed by atoms with Gasteiger partial charge in [-0.05, 0) is 30.7 Å². The Balaban J connectivity index is 2.30. The van der Waals surface area contributed by atoms with Gasteiger partial charge < -0.3 is 9.84 Å². The van der Waals surface area contributed by atoms with E-state index in [0.717, 1.165) is 6.07 Å². The van der Waals surface area contributed by atoms with Crippen LogP contribution in [0.5, 0.6) is 5.75 Å². The summed E-state index contributed by atoms with van der Waals surface area (Å²) in [6.07, 6.45) is -0.337. The summed E-state index contributed by atoms with van der Waals surface area (Å²) >= 11 is 0.671. The fourth-order valence-electron chi connectivity index (χ4n) is 2.81. The molecule has 0 saturated heterocycles. The Morgan fingerprint density at radius 2 is 2.00 bits per heavy atom. The average molecular weight is 365 g/mol. The quantitative estimate of drug-likeness (QED) is 0.767. The van der Waals surface area contributed by atoms with Crippen molar-refractivity contribution in [2.75, 3.05) is 7.11 Å². The van der Waals surface area contributed by atoms with Crippen molar-refractivity contribution in [2.24, 2.45) is 0 Å². The summed E-state index contributed by atoms with van der Waals surface area (Å²) in [7, 11) is 1.30. The molecule has 0 fully saturated rings. The predicted molar refractivity (Wildman–Crippen MR) is 88.5 cm³/mol. The first-order valence-electron chi connectivity index (χ1n) is 7.22. The predicted octanol–water partition coefficient (Wildman–Crippen LogP) is 3.61. The lowest BCUT2D eigenvalue weighted by Gasteiger charge is -2.06. The van der Waals surface area contributed by atoms with E-state index in [-0.39, 0.29) is 22.6 Å². The molecule has 0 aliphatic carbocycles. The molecule has 0 amide bonds. The van der Waals surface area contributed by atoms with Gasteiger partial charge in [0.25, 0.3) is 5.91 Å². The zero-order valence-electron chi connectivity index (χ0n) is 13.3. The second kappa shape index (κ2) is 6.29. The van der Waals surface area contributed by atoms with Crippen molar-refractivity contribution in [2.45, 2.75) is 13.3 Å². The van der Waals surface area contributed by atoms with E-state index in [0.29, 0.717) is 28.0 Å². The Labute approximate surface area is 145 Å². The van der Waals surface area contributed by atoms with Gasteiger partial charge in [-0.3, -0.25) is 14.2 Å². The van der Waals surface area contributed by atoms with Gasteiger partial charge in [-0.2, -0.15) is 4.39 Å². The van der Waals surface area contributed by atoms with Gasteiger partial charge >= 0.3 is 5.97 Å². The van der Waals surface area contributed by atoms with Crippen LogP contribution in [0.4, 0.5) is 8.78 Å². The van der Waals surface area contributed by atoms with Gasteiger partial charge in [0, 0.05) is 17.1 Å². The zero-order chi connectivity index (χ0) is 18.3. The van der Waals surface area contributed by atoms with Gasteiger partial charge in [0.05, 0.1) is 23.9 Å². The lowest BCUT2D eigenvalue weighted by atomic mass is 10.1. The summed E-state index contributed by atoms with van der Waals surface area (Å²) in [5, 5.41) is 9.04. The third kappa shape index (κ3) is 2.89. The number of nitrogens with zero attached hydrogens (tertiary/aromatic N) is 1. The number of aliphatic carboxylic acids is 1. The molecule has 5 nitrogen and oxygen atoms in total. The number of fused-ring (bicyclic) bond motifs is 1. The number of carboxylic acid groups (broad SMARTS) is 1. The van der Waals surface area contributed by atoms with Crippen LogP contribution in [-0.4, -0.2) is 28.7 Å². The second-order valence-corrected chi connectivity index (χ2v) is 6.42. The van der Waals surface area contributed by atoms with Gasteiger partial charge in [0.1, 0.15) is 0 Å². The topological polar surface area (TPSA) is 68.5 Å². The maximum Gasteiger partial charge on any atom is 0.307 e. The van der Waals surface area contributed by atoms with E-state index >= 15 is 0 Å². The fourth-order valence-corrected chi connectivity index (χ4v) is 3.47. The second-order valence-electron chi connectivity index (χ2n) is 5.38. The largest absolute Gasteiger partial charge is 0.494 e. The van der Waals surface area contributed by atoms with Crippen LogP contribution < -0.4 is 4.74 Å². The molecule has 0 unspecified atom stereocenters. The molecule has 1 N–H and O–H groups in total. The molecule has 0 saturated carbocycles. The van der Waals surface area contributed by atoms with Crippen LogP contribution in [0.1, 0.15) is 20.9 Å². The van der Waals surface area contributed by atoms with Crippen LogP contribution in [0.25, 0.3) is 10.9 Å². The highest BCUT2D eigenvalue weighted by atomic mass is 32.1. The van der Waals surface area contributed by atoms with Crippen LogP contribution in [0, 0.1) is 17.9 Å². The van der Waals surface area contributed by atoms with Crippen LogP contribution in [0.15, 0.2) is 24.3 Å².